The van der Waals surface area contributed by atoms with Crippen LogP contribution in [0.2, 0.25) is 0 Å². The van der Waals surface area contributed by atoms with Gasteiger partial charge in [-0.05, 0) is 83.5 Å². The molecule has 0 radical (unpaired) electrons. The Kier molecular flexibility index (Phi) is 54.4. The van der Waals surface area contributed by atoms with Crippen LogP contribution in [0.15, 0.2) is 72.9 Å². The normalized spacial score (nSPS) is 12.7. The molecule has 0 rings (SSSR count). The van der Waals surface area contributed by atoms with Gasteiger partial charge in [0.2, 0.25) is 0 Å². The van der Waals surface area contributed by atoms with E-state index in [0.29, 0.717) is 12.8 Å². The molecule has 0 aromatic carbocycles. The molecule has 0 aliphatic heterocycles. The van der Waals surface area contributed by atoms with E-state index in [1.54, 1.807) is 0 Å². The van der Waals surface area contributed by atoms with Gasteiger partial charge >= 0.3 is 11.9 Å². The minimum absolute atomic E-state index is 0.0759. The van der Waals surface area contributed by atoms with E-state index in [2.05, 4.69) is 86.8 Å². The van der Waals surface area contributed by atoms with Crippen molar-refractivity contribution in [1.29, 1.82) is 0 Å². The summed E-state index contributed by atoms with van der Waals surface area (Å²) in [6.07, 6.45) is 77.5. The van der Waals surface area contributed by atoms with Gasteiger partial charge in [0, 0.05) is 12.8 Å². The Labute approximate surface area is 410 Å². The van der Waals surface area contributed by atoms with Gasteiger partial charge in [0.15, 0.2) is 6.10 Å². The minimum atomic E-state index is -0.787. The first-order chi connectivity index (χ1) is 32.6. The van der Waals surface area contributed by atoms with Crippen LogP contribution in [0.25, 0.3) is 0 Å². The number of unbranched alkanes of at least 4 members (excludes halogenated alkanes) is 32. The fraction of sp³-hybridized carbons (Fsp3) is 0.770. The number of aliphatic hydroxyl groups is 1. The number of ether oxygens (including phenoxy) is 2. The number of allylic oxidation sites excluding steroid dienone is 12. The monoisotopic (exact) mass is 921 g/mol. The Morgan fingerprint density at radius 3 is 0.985 bits per heavy atom. The van der Waals surface area contributed by atoms with Crippen molar-refractivity contribution in [3.63, 3.8) is 0 Å². The van der Waals surface area contributed by atoms with E-state index in [1.165, 1.54) is 173 Å². The van der Waals surface area contributed by atoms with Gasteiger partial charge in [-0.25, -0.2) is 0 Å². The number of carbonyl (C=O) groups is 2. The van der Waals surface area contributed by atoms with E-state index in [1.807, 2.05) is 0 Å². The van der Waals surface area contributed by atoms with E-state index in [0.717, 1.165) is 83.5 Å². The number of hydrogen-bond acceptors (Lipinski definition) is 5. The van der Waals surface area contributed by atoms with Crippen molar-refractivity contribution >= 4 is 11.9 Å². The van der Waals surface area contributed by atoms with Crippen LogP contribution >= 0.6 is 0 Å². The Balaban J connectivity index is 3.43. The van der Waals surface area contributed by atoms with Gasteiger partial charge in [0.1, 0.15) is 6.61 Å². The van der Waals surface area contributed by atoms with Gasteiger partial charge in [-0.2, -0.15) is 0 Å². The second-order valence-electron chi connectivity index (χ2n) is 19.0. The molecule has 5 nitrogen and oxygen atoms in total. The zero-order valence-electron chi connectivity index (χ0n) is 43.7. The molecule has 0 amide bonds. The SMILES string of the molecule is CC/C=C\C/C=C\C/C=C\C/C=C\CCCCCCC(=O)OC(CO)COC(=O)CCCCCCCCCCCCCCCCCCCCCCCCC/C=C\C/C=C\CCCCCCC. The van der Waals surface area contributed by atoms with Crippen molar-refractivity contribution in [2.75, 3.05) is 13.2 Å². The van der Waals surface area contributed by atoms with Crippen molar-refractivity contribution in [1.82, 2.24) is 0 Å². The predicted octanol–water partition coefficient (Wildman–Crippen LogP) is 19.2. The molecule has 0 aromatic heterocycles. The average molecular weight is 922 g/mol. The van der Waals surface area contributed by atoms with Crippen LogP contribution in [0.5, 0.6) is 0 Å². The molecular formula is C61H108O5. The Bertz CT molecular complexity index is 1180. The molecule has 0 aliphatic carbocycles. The van der Waals surface area contributed by atoms with E-state index >= 15 is 0 Å². The van der Waals surface area contributed by atoms with Crippen molar-refractivity contribution in [3.05, 3.63) is 72.9 Å². The Hall–Kier alpha value is -2.66. The van der Waals surface area contributed by atoms with E-state index in [9.17, 15) is 14.7 Å². The fourth-order valence-electron chi connectivity index (χ4n) is 8.23. The molecule has 0 aromatic rings. The molecule has 66 heavy (non-hydrogen) atoms. The maximum absolute atomic E-state index is 12.2. The summed E-state index contributed by atoms with van der Waals surface area (Å²) in [5, 5.41) is 9.63. The second-order valence-corrected chi connectivity index (χ2v) is 19.0. The first-order valence-corrected chi connectivity index (χ1v) is 28.5. The van der Waals surface area contributed by atoms with Crippen LogP contribution in [-0.4, -0.2) is 36.4 Å². The lowest BCUT2D eigenvalue weighted by Gasteiger charge is -2.15. The van der Waals surface area contributed by atoms with Gasteiger partial charge in [-0.1, -0.05) is 260 Å². The van der Waals surface area contributed by atoms with Crippen LogP contribution in [0.4, 0.5) is 0 Å². The summed E-state index contributed by atoms with van der Waals surface area (Å²) < 4.78 is 10.7. The zero-order chi connectivity index (χ0) is 47.7. The number of esters is 2. The summed E-state index contributed by atoms with van der Waals surface area (Å²) in [5.74, 6) is -0.611. The smallest absolute Gasteiger partial charge is 0.306 e. The van der Waals surface area contributed by atoms with Crippen LogP contribution < -0.4 is 0 Å². The first-order valence-electron chi connectivity index (χ1n) is 28.5. The molecule has 1 unspecified atom stereocenters. The van der Waals surface area contributed by atoms with E-state index in [4.69, 9.17) is 9.47 Å². The summed E-state index contributed by atoms with van der Waals surface area (Å²) in [7, 11) is 0. The van der Waals surface area contributed by atoms with Gasteiger partial charge in [0.25, 0.3) is 0 Å². The van der Waals surface area contributed by atoms with Crippen LogP contribution in [0.3, 0.4) is 0 Å². The van der Waals surface area contributed by atoms with Crippen molar-refractivity contribution in [2.45, 2.75) is 290 Å². The molecular weight excluding hydrogens is 813 g/mol. The largest absolute Gasteiger partial charge is 0.462 e. The maximum Gasteiger partial charge on any atom is 0.306 e. The minimum Gasteiger partial charge on any atom is -0.462 e. The van der Waals surface area contributed by atoms with E-state index in [-0.39, 0.29) is 25.2 Å². The highest BCUT2D eigenvalue weighted by Crippen LogP contribution is 2.17. The molecule has 0 aliphatic rings. The van der Waals surface area contributed by atoms with Crippen LogP contribution in [-0.2, 0) is 19.1 Å². The molecule has 0 fully saturated rings. The van der Waals surface area contributed by atoms with Gasteiger partial charge in [-0.3, -0.25) is 9.59 Å². The zero-order valence-corrected chi connectivity index (χ0v) is 43.7. The highest BCUT2D eigenvalue weighted by atomic mass is 16.6. The van der Waals surface area contributed by atoms with Crippen molar-refractivity contribution in [3.8, 4) is 0 Å². The quantitative estimate of drug-likeness (QED) is 0.0374. The topological polar surface area (TPSA) is 72.8 Å². The van der Waals surface area contributed by atoms with Gasteiger partial charge in [-0.15, -0.1) is 0 Å². The molecule has 382 valence electrons. The number of carbonyl (C=O) groups excluding carboxylic acids is 2. The summed E-state index contributed by atoms with van der Waals surface area (Å²) >= 11 is 0. The van der Waals surface area contributed by atoms with Crippen LogP contribution in [0, 0.1) is 0 Å². The summed E-state index contributed by atoms with van der Waals surface area (Å²) in [6, 6.07) is 0. The van der Waals surface area contributed by atoms with E-state index < -0.39 is 6.10 Å². The van der Waals surface area contributed by atoms with Crippen LogP contribution in [0.1, 0.15) is 284 Å². The van der Waals surface area contributed by atoms with Crippen molar-refractivity contribution < 1.29 is 24.2 Å². The Morgan fingerprint density at radius 2 is 0.652 bits per heavy atom. The molecule has 0 heterocycles. The number of aliphatic hydroxyl groups excluding tert-OH is 1. The fourth-order valence-corrected chi connectivity index (χ4v) is 8.23. The third-order valence-corrected chi connectivity index (χ3v) is 12.5. The molecule has 5 heteroatoms. The highest BCUT2D eigenvalue weighted by molar-refractivity contribution is 5.70. The third kappa shape index (κ3) is 54.0. The first kappa shape index (κ1) is 63.3. The lowest BCUT2D eigenvalue weighted by Crippen LogP contribution is -2.28. The third-order valence-electron chi connectivity index (χ3n) is 12.5. The molecule has 1 N–H and O–H groups in total. The lowest BCUT2D eigenvalue weighted by atomic mass is 10.0. The summed E-state index contributed by atoms with van der Waals surface area (Å²) in [5.41, 5.74) is 0. The highest BCUT2D eigenvalue weighted by Gasteiger charge is 2.16. The summed E-state index contributed by atoms with van der Waals surface area (Å²) in [4.78, 5) is 24.5. The molecule has 0 saturated carbocycles. The van der Waals surface area contributed by atoms with Crippen molar-refractivity contribution in [2.24, 2.45) is 0 Å². The predicted molar refractivity (Wildman–Crippen MR) is 288 cm³/mol. The maximum atomic E-state index is 12.2. The average Bonchev–Trinajstić information content (AvgIpc) is 3.32. The molecule has 0 saturated heterocycles. The van der Waals surface area contributed by atoms with Gasteiger partial charge in [0.05, 0.1) is 6.61 Å². The van der Waals surface area contributed by atoms with Gasteiger partial charge < -0.3 is 14.6 Å². The Morgan fingerprint density at radius 1 is 0.364 bits per heavy atom. The summed E-state index contributed by atoms with van der Waals surface area (Å²) in [6.45, 7) is 4.02. The number of rotatable bonds is 52. The second kappa shape index (κ2) is 56.7. The molecule has 0 spiro atoms. The number of hydrogen-bond donors (Lipinski definition) is 1. The molecule has 0 bridgehead atoms. The lowest BCUT2D eigenvalue weighted by molar-refractivity contribution is -0.161. The molecule has 1 atom stereocenters. The standard InChI is InChI=1S/C61H108O5/c1-3-5-7-9-11-13-15-17-19-21-22-23-24-25-26-27-28-29-30-31-32-33-34-35-36-37-38-40-41-43-45-47-49-51-53-55-60(63)65-58-59(57-62)66-61(64)56-54-52-50-48-46-44-42-39-20-18-16-14-12-10-8-6-4-2/h6,8,12,14-15,17-18,20-22,42,44,59,62H,3-5,7,9-11,13,16,19,23-41,43,45-58H2,1-2H3/b8-6-,14-12-,17-15-,20-18-,22-21-,44-42-.